The van der Waals surface area contributed by atoms with Gasteiger partial charge in [-0.05, 0) is 18.2 Å². The Kier molecular flexibility index (Phi) is 4.99. The fraction of sp³-hybridized carbons (Fsp3) is 0.364. The molecule has 0 radical (unpaired) electrons. The Bertz CT molecular complexity index is 449. The summed E-state index contributed by atoms with van der Waals surface area (Å²) in [7, 11) is 0. The zero-order chi connectivity index (χ0) is 14.5. The maximum Gasteiger partial charge on any atom is 0.411 e. The molecule has 4 N–H and O–H groups in total. The van der Waals surface area contributed by atoms with Crippen molar-refractivity contribution in [2.45, 2.75) is 6.18 Å². The van der Waals surface area contributed by atoms with E-state index in [9.17, 15) is 18.0 Å². The zero-order valence-corrected chi connectivity index (χ0v) is 9.83. The first-order valence-corrected chi connectivity index (χ1v) is 5.31. The molecule has 0 aliphatic heterocycles. The number of anilines is 2. The van der Waals surface area contributed by atoms with E-state index in [4.69, 9.17) is 10.8 Å². The van der Waals surface area contributed by atoms with Crippen LogP contribution in [0.4, 0.5) is 24.5 Å². The van der Waals surface area contributed by atoms with E-state index in [1.165, 1.54) is 18.2 Å². The van der Waals surface area contributed by atoms with Crippen LogP contribution in [0.25, 0.3) is 0 Å². The summed E-state index contributed by atoms with van der Waals surface area (Å²) < 4.78 is 39.7. The van der Waals surface area contributed by atoms with Crippen LogP contribution in [-0.2, 0) is 4.74 Å². The van der Waals surface area contributed by atoms with Gasteiger partial charge >= 0.3 is 12.1 Å². The Morgan fingerprint density at radius 1 is 1.42 bits per heavy atom. The molecule has 0 aliphatic rings. The van der Waals surface area contributed by atoms with Gasteiger partial charge < -0.3 is 20.9 Å². The van der Waals surface area contributed by atoms with Gasteiger partial charge in [0.2, 0.25) is 0 Å². The number of nitrogen functional groups attached to an aromatic ring is 1. The second-order valence-corrected chi connectivity index (χ2v) is 3.70. The maximum absolute atomic E-state index is 11.8. The third-order valence-corrected chi connectivity index (χ3v) is 2.13. The molecule has 0 atom stereocenters. The minimum Gasteiger partial charge on any atom is -0.478 e. The standard InChI is InChI=1S/C11H13F3N2O3/c12-11(13,14)6-19-4-3-16-9-2-1-7(10(17)18)5-8(9)15/h1-2,5,16H,3-4,6,15H2,(H,17,18). The number of hydrogen-bond acceptors (Lipinski definition) is 4. The number of carboxylic acid groups (broad SMARTS) is 1. The van der Waals surface area contributed by atoms with Gasteiger partial charge in [-0.25, -0.2) is 4.79 Å². The van der Waals surface area contributed by atoms with Crippen molar-refractivity contribution in [1.29, 1.82) is 0 Å². The third kappa shape index (κ3) is 5.47. The summed E-state index contributed by atoms with van der Waals surface area (Å²) in [6, 6.07) is 4.06. The van der Waals surface area contributed by atoms with Crippen LogP contribution in [0.2, 0.25) is 0 Å². The molecule has 19 heavy (non-hydrogen) atoms. The van der Waals surface area contributed by atoms with Crippen LogP contribution in [-0.4, -0.2) is 37.0 Å². The van der Waals surface area contributed by atoms with Crippen molar-refractivity contribution in [2.24, 2.45) is 0 Å². The van der Waals surface area contributed by atoms with E-state index in [1.807, 2.05) is 0 Å². The molecule has 0 heterocycles. The van der Waals surface area contributed by atoms with Crippen LogP contribution in [0.1, 0.15) is 10.4 Å². The zero-order valence-electron chi connectivity index (χ0n) is 9.83. The van der Waals surface area contributed by atoms with Gasteiger partial charge in [-0.1, -0.05) is 0 Å². The fourth-order valence-electron chi connectivity index (χ4n) is 1.30. The van der Waals surface area contributed by atoms with Crippen LogP contribution < -0.4 is 11.1 Å². The van der Waals surface area contributed by atoms with Crippen LogP contribution in [0.15, 0.2) is 18.2 Å². The first-order chi connectivity index (χ1) is 8.79. The molecule has 8 heteroatoms. The number of hydrogen-bond donors (Lipinski definition) is 3. The number of alkyl halides is 3. The van der Waals surface area contributed by atoms with Gasteiger partial charge in [0, 0.05) is 6.54 Å². The Balaban J connectivity index is 2.40. The summed E-state index contributed by atoms with van der Waals surface area (Å²) in [5, 5.41) is 11.5. The molecule has 0 aromatic heterocycles. The predicted molar refractivity (Wildman–Crippen MR) is 63.2 cm³/mol. The molecule has 0 amide bonds. The molecule has 0 aliphatic carbocycles. The van der Waals surface area contributed by atoms with Gasteiger partial charge in [-0.3, -0.25) is 0 Å². The Morgan fingerprint density at radius 2 is 2.11 bits per heavy atom. The van der Waals surface area contributed by atoms with Crippen LogP contribution in [0.3, 0.4) is 0 Å². The first kappa shape index (κ1) is 15.1. The predicted octanol–water partition coefficient (Wildman–Crippen LogP) is 1.96. The summed E-state index contributed by atoms with van der Waals surface area (Å²) in [4.78, 5) is 10.7. The van der Waals surface area contributed by atoms with Crippen molar-refractivity contribution < 1.29 is 27.8 Å². The molecule has 5 nitrogen and oxygen atoms in total. The van der Waals surface area contributed by atoms with E-state index in [0.717, 1.165) is 0 Å². The molecule has 0 bridgehead atoms. The summed E-state index contributed by atoms with van der Waals surface area (Å²) in [6.07, 6.45) is -4.35. The average molecular weight is 278 g/mol. The minimum absolute atomic E-state index is 0.0383. The highest BCUT2D eigenvalue weighted by molar-refractivity contribution is 5.90. The molecular weight excluding hydrogens is 265 g/mol. The Labute approximate surface area is 107 Å². The summed E-state index contributed by atoms with van der Waals surface area (Å²) >= 11 is 0. The van der Waals surface area contributed by atoms with Crippen molar-refractivity contribution in [3.05, 3.63) is 23.8 Å². The van der Waals surface area contributed by atoms with Crippen molar-refractivity contribution in [3.8, 4) is 0 Å². The molecule has 1 aromatic rings. The van der Waals surface area contributed by atoms with E-state index in [1.54, 1.807) is 0 Å². The topological polar surface area (TPSA) is 84.6 Å². The number of halogens is 3. The molecule has 0 saturated carbocycles. The smallest absolute Gasteiger partial charge is 0.411 e. The van der Waals surface area contributed by atoms with Crippen molar-refractivity contribution in [2.75, 3.05) is 30.8 Å². The minimum atomic E-state index is -4.35. The van der Waals surface area contributed by atoms with Gasteiger partial charge in [0.15, 0.2) is 0 Å². The van der Waals surface area contributed by atoms with E-state index in [-0.39, 0.29) is 24.4 Å². The number of carboxylic acids is 1. The highest BCUT2D eigenvalue weighted by Crippen LogP contribution is 2.19. The molecular formula is C11H13F3N2O3. The number of nitrogens with one attached hydrogen (secondary N) is 1. The molecule has 0 fully saturated rings. The normalized spacial score (nSPS) is 11.3. The Morgan fingerprint density at radius 3 is 2.63 bits per heavy atom. The number of ether oxygens (including phenoxy) is 1. The lowest BCUT2D eigenvalue weighted by Gasteiger charge is -2.11. The quantitative estimate of drug-likeness (QED) is 0.547. The lowest BCUT2D eigenvalue weighted by atomic mass is 10.2. The molecule has 0 spiro atoms. The monoisotopic (exact) mass is 278 g/mol. The number of aromatic carboxylic acids is 1. The van der Waals surface area contributed by atoms with Crippen molar-refractivity contribution >= 4 is 17.3 Å². The molecule has 0 unspecified atom stereocenters. The van der Waals surface area contributed by atoms with E-state index < -0.39 is 18.8 Å². The van der Waals surface area contributed by atoms with Gasteiger partial charge in [-0.2, -0.15) is 13.2 Å². The first-order valence-electron chi connectivity index (χ1n) is 5.31. The maximum atomic E-state index is 11.8. The van der Waals surface area contributed by atoms with Gasteiger partial charge in [0.25, 0.3) is 0 Å². The molecule has 1 rings (SSSR count). The average Bonchev–Trinajstić information content (AvgIpc) is 2.28. The summed E-state index contributed by atoms with van der Waals surface area (Å²) in [5.41, 5.74) is 6.28. The highest BCUT2D eigenvalue weighted by Gasteiger charge is 2.27. The highest BCUT2D eigenvalue weighted by atomic mass is 19.4. The molecule has 0 saturated heterocycles. The van der Waals surface area contributed by atoms with Gasteiger partial charge in [-0.15, -0.1) is 0 Å². The number of nitrogens with two attached hydrogens (primary N) is 1. The second kappa shape index (κ2) is 6.28. The number of benzene rings is 1. The van der Waals surface area contributed by atoms with Crippen LogP contribution in [0, 0.1) is 0 Å². The SMILES string of the molecule is Nc1cc(C(=O)O)ccc1NCCOCC(F)(F)F. The fourth-order valence-corrected chi connectivity index (χ4v) is 1.30. The number of carbonyl (C=O) groups is 1. The van der Waals surface area contributed by atoms with Gasteiger partial charge in [0.05, 0.1) is 23.5 Å². The van der Waals surface area contributed by atoms with Crippen LogP contribution in [0.5, 0.6) is 0 Å². The van der Waals surface area contributed by atoms with E-state index in [0.29, 0.717) is 5.69 Å². The summed E-state index contributed by atoms with van der Waals surface area (Å²) in [6.45, 7) is -1.31. The second-order valence-electron chi connectivity index (χ2n) is 3.70. The molecule has 1 aromatic carbocycles. The third-order valence-electron chi connectivity index (χ3n) is 2.13. The van der Waals surface area contributed by atoms with Gasteiger partial charge in [0.1, 0.15) is 6.61 Å². The van der Waals surface area contributed by atoms with E-state index in [2.05, 4.69) is 10.1 Å². The van der Waals surface area contributed by atoms with Crippen molar-refractivity contribution in [1.82, 2.24) is 0 Å². The largest absolute Gasteiger partial charge is 0.478 e. The van der Waals surface area contributed by atoms with Crippen molar-refractivity contribution in [3.63, 3.8) is 0 Å². The van der Waals surface area contributed by atoms with E-state index >= 15 is 0 Å². The summed E-state index contributed by atoms with van der Waals surface area (Å²) in [5.74, 6) is -1.10. The molecule has 106 valence electrons. The lowest BCUT2D eigenvalue weighted by molar-refractivity contribution is -0.172. The number of rotatable bonds is 6. The van der Waals surface area contributed by atoms with Crippen LogP contribution >= 0.6 is 0 Å². The Hall–Kier alpha value is -1.96. The lowest BCUT2D eigenvalue weighted by Crippen LogP contribution is -2.20.